The van der Waals surface area contributed by atoms with Crippen molar-refractivity contribution in [1.29, 1.82) is 0 Å². The van der Waals surface area contributed by atoms with E-state index in [4.69, 9.17) is 10.5 Å². The maximum Gasteiger partial charge on any atom is 0.325 e. The van der Waals surface area contributed by atoms with Crippen LogP contribution in [0, 0.1) is 0 Å². The van der Waals surface area contributed by atoms with Gasteiger partial charge < -0.3 is 15.4 Å². The van der Waals surface area contributed by atoms with E-state index in [1.54, 1.807) is 13.0 Å². The van der Waals surface area contributed by atoms with Crippen LogP contribution in [-0.2, 0) is 9.53 Å². The first-order valence-electron chi connectivity index (χ1n) is 5.30. The van der Waals surface area contributed by atoms with Gasteiger partial charge in [0.25, 0.3) is 0 Å². The summed E-state index contributed by atoms with van der Waals surface area (Å²) in [4.78, 5) is 17.3. The molecule has 0 radical (unpaired) electrons. The molecule has 0 aliphatic heterocycles. The number of hydrogen-bond acceptors (Lipinski definition) is 5. The maximum absolute atomic E-state index is 11.3. The second-order valence-electron chi connectivity index (χ2n) is 3.24. The van der Waals surface area contributed by atoms with Crippen molar-refractivity contribution in [2.75, 3.05) is 30.3 Å². The molecule has 0 aliphatic rings. The Morgan fingerprint density at radius 2 is 2.25 bits per heavy atom. The molecule has 0 saturated carbocycles. The number of anilines is 2. The third-order valence-corrected chi connectivity index (χ3v) is 2.09. The van der Waals surface area contributed by atoms with Crippen LogP contribution in [0.4, 0.5) is 11.6 Å². The van der Waals surface area contributed by atoms with E-state index in [2.05, 4.69) is 4.98 Å². The molecule has 2 N–H and O–H groups in total. The first-order valence-corrected chi connectivity index (χ1v) is 5.30. The number of ether oxygens (including phenoxy) is 1. The first kappa shape index (κ1) is 12.3. The van der Waals surface area contributed by atoms with E-state index in [1.807, 2.05) is 24.0 Å². The molecule has 0 bridgehead atoms. The van der Waals surface area contributed by atoms with Crippen LogP contribution in [0.2, 0.25) is 0 Å². The van der Waals surface area contributed by atoms with Crippen LogP contribution < -0.4 is 10.6 Å². The minimum atomic E-state index is -0.256. The number of nitrogens with zero attached hydrogens (tertiary/aromatic N) is 2. The second kappa shape index (κ2) is 5.95. The van der Waals surface area contributed by atoms with Gasteiger partial charge in [0.1, 0.15) is 18.2 Å². The predicted molar refractivity (Wildman–Crippen MR) is 63.2 cm³/mol. The largest absolute Gasteiger partial charge is 0.465 e. The highest BCUT2D eigenvalue weighted by atomic mass is 16.5. The number of likely N-dealkylation sites (N-methyl/N-ethyl adjacent to an activating group) is 1. The predicted octanol–water partition coefficient (Wildman–Crippen LogP) is 1.05. The Hall–Kier alpha value is -1.78. The molecule has 5 nitrogen and oxygen atoms in total. The average Bonchev–Trinajstić information content (AvgIpc) is 2.26. The molecule has 16 heavy (non-hydrogen) atoms. The van der Waals surface area contributed by atoms with Gasteiger partial charge in [-0.1, -0.05) is 6.07 Å². The number of rotatable bonds is 5. The Morgan fingerprint density at radius 3 is 2.81 bits per heavy atom. The van der Waals surface area contributed by atoms with Gasteiger partial charge in [0, 0.05) is 6.54 Å². The van der Waals surface area contributed by atoms with Crippen molar-refractivity contribution in [2.45, 2.75) is 13.8 Å². The van der Waals surface area contributed by atoms with Crippen LogP contribution in [0.3, 0.4) is 0 Å². The molecular weight excluding hydrogens is 206 g/mol. The summed E-state index contributed by atoms with van der Waals surface area (Å²) in [6.45, 7) is 4.99. The zero-order valence-electron chi connectivity index (χ0n) is 9.64. The summed E-state index contributed by atoms with van der Waals surface area (Å²) >= 11 is 0. The van der Waals surface area contributed by atoms with Crippen LogP contribution in [0.15, 0.2) is 18.2 Å². The minimum absolute atomic E-state index is 0.195. The van der Waals surface area contributed by atoms with Crippen LogP contribution in [-0.4, -0.2) is 30.6 Å². The lowest BCUT2D eigenvalue weighted by Gasteiger charge is -2.20. The smallest absolute Gasteiger partial charge is 0.325 e. The van der Waals surface area contributed by atoms with Gasteiger partial charge >= 0.3 is 5.97 Å². The molecule has 0 saturated heterocycles. The van der Waals surface area contributed by atoms with Gasteiger partial charge in [-0.3, -0.25) is 4.79 Å². The Kier molecular flexibility index (Phi) is 4.57. The van der Waals surface area contributed by atoms with Gasteiger partial charge in [-0.05, 0) is 26.0 Å². The Morgan fingerprint density at radius 1 is 1.50 bits per heavy atom. The molecule has 1 aromatic rings. The molecule has 0 fully saturated rings. The lowest BCUT2D eigenvalue weighted by Crippen LogP contribution is -2.31. The number of hydrogen-bond donors (Lipinski definition) is 1. The maximum atomic E-state index is 11.3. The van der Waals surface area contributed by atoms with Crippen molar-refractivity contribution in [2.24, 2.45) is 0 Å². The van der Waals surface area contributed by atoms with E-state index in [-0.39, 0.29) is 12.5 Å². The summed E-state index contributed by atoms with van der Waals surface area (Å²) in [5.41, 5.74) is 5.59. The molecule has 0 amide bonds. The standard InChI is InChI=1S/C11H17N3O2/c1-3-14(8-11(15)16-4-2)10-7-5-6-9(12)13-10/h5-7H,3-4,8H2,1-2H3,(H2,12,13). The summed E-state index contributed by atoms with van der Waals surface area (Å²) < 4.78 is 4.89. The molecule has 5 heteroatoms. The summed E-state index contributed by atoms with van der Waals surface area (Å²) in [7, 11) is 0. The van der Waals surface area contributed by atoms with E-state index < -0.39 is 0 Å². The lowest BCUT2D eigenvalue weighted by atomic mass is 10.4. The molecule has 0 aliphatic carbocycles. The fraction of sp³-hybridized carbons (Fsp3) is 0.455. The number of carbonyl (C=O) groups excluding carboxylic acids is 1. The fourth-order valence-corrected chi connectivity index (χ4v) is 1.33. The molecule has 88 valence electrons. The van der Waals surface area contributed by atoms with Crippen molar-refractivity contribution < 1.29 is 9.53 Å². The normalized spacial score (nSPS) is 9.88. The highest BCUT2D eigenvalue weighted by molar-refractivity contribution is 5.75. The van der Waals surface area contributed by atoms with Crippen LogP contribution in [0.25, 0.3) is 0 Å². The SMILES string of the molecule is CCOC(=O)CN(CC)c1cccc(N)n1. The molecule has 0 atom stereocenters. The number of esters is 1. The highest BCUT2D eigenvalue weighted by Gasteiger charge is 2.11. The number of nitrogen functional groups attached to an aromatic ring is 1. The highest BCUT2D eigenvalue weighted by Crippen LogP contribution is 2.11. The van der Waals surface area contributed by atoms with Gasteiger partial charge in [0.15, 0.2) is 0 Å². The van der Waals surface area contributed by atoms with E-state index in [1.165, 1.54) is 0 Å². The third kappa shape index (κ3) is 3.42. The van der Waals surface area contributed by atoms with Crippen LogP contribution in [0.5, 0.6) is 0 Å². The summed E-state index contributed by atoms with van der Waals surface area (Å²) in [6.07, 6.45) is 0. The summed E-state index contributed by atoms with van der Waals surface area (Å²) in [5, 5.41) is 0. The summed E-state index contributed by atoms with van der Waals surface area (Å²) in [5.74, 6) is 0.879. The number of aromatic nitrogens is 1. The zero-order valence-corrected chi connectivity index (χ0v) is 9.64. The van der Waals surface area contributed by atoms with Crippen molar-refractivity contribution in [1.82, 2.24) is 4.98 Å². The van der Waals surface area contributed by atoms with Crippen molar-refractivity contribution in [3.05, 3.63) is 18.2 Å². The lowest BCUT2D eigenvalue weighted by molar-refractivity contribution is -0.141. The molecule has 0 aromatic carbocycles. The number of nitrogens with two attached hydrogens (primary N) is 1. The summed E-state index contributed by atoms with van der Waals surface area (Å²) in [6, 6.07) is 5.34. The quantitative estimate of drug-likeness (QED) is 0.756. The van der Waals surface area contributed by atoms with Crippen LogP contribution in [0.1, 0.15) is 13.8 Å². The Balaban J connectivity index is 2.70. The third-order valence-electron chi connectivity index (χ3n) is 2.09. The molecule has 0 unspecified atom stereocenters. The van der Waals surface area contributed by atoms with Crippen molar-refractivity contribution >= 4 is 17.6 Å². The number of carbonyl (C=O) groups is 1. The van der Waals surface area contributed by atoms with Gasteiger partial charge in [0.2, 0.25) is 0 Å². The zero-order chi connectivity index (χ0) is 12.0. The van der Waals surface area contributed by atoms with E-state index in [9.17, 15) is 4.79 Å². The van der Waals surface area contributed by atoms with E-state index in [0.717, 1.165) is 0 Å². The van der Waals surface area contributed by atoms with Gasteiger partial charge in [-0.15, -0.1) is 0 Å². The van der Waals surface area contributed by atoms with Crippen molar-refractivity contribution in [3.8, 4) is 0 Å². The average molecular weight is 223 g/mol. The minimum Gasteiger partial charge on any atom is -0.465 e. The molecule has 1 rings (SSSR count). The number of pyridine rings is 1. The fourth-order valence-electron chi connectivity index (χ4n) is 1.33. The topological polar surface area (TPSA) is 68.5 Å². The van der Waals surface area contributed by atoms with E-state index >= 15 is 0 Å². The van der Waals surface area contributed by atoms with Gasteiger partial charge in [-0.25, -0.2) is 4.98 Å². The Bertz CT molecular complexity index is 355. The molecular formula is C11H17N3O2. The Labute approximate surface area is 95.2 Å². The van der Waals surface area contributed by atoms with Gasteiger partial charge in [-0.2, -0.15) is 0 Å². The second-order valence-corrected chi connectivity index (χ2v) is 3.24. The van der Waals surface area contributed by atoms with Crippen LogP contribution >= 0.6 is 0 Å². The monoisotopic (exact) mass is 223 g/mol. The molecule has 0 spiro atoms. The van der Waals surface area contributed by atoms with Crippen molar-refractivity contribution in [3.63, 3.8) is 0 Å². The first-order chi connectivity index (χ1) is 7.67. The van der Waals surface area contributed by atoms with Gasteiger partial charge in [0.05, 0.1) is 6.61 Å². The molecule has 1 aromatic heterocycles. The molecule has 1 heterocycles. The van der Waals surface area contributed by atoms with E-state index in [0.29, 0.717) is 24.8 Å².